The molecule has 0 bridgehead atoms. The van der Waals surface area contributed by atoms with Crippen LogP contribution in [0.3, 0.4) is 0 Å². The molecule has 4 heteroatoms. The fraction of sp³-hybridized carbons (Fsp3) is 0.0833. The molecule has 0 unspecified atom stereocenters. The minimum atomic E-state index is -0.627. The van der Waals surface area contributed by atoms with Crippen molar-refractivity contribution >= 4 is 0 Å². The monoisotopic (exact) mass is 218 g/mol. The predicted octanol–water partition coefficient (Wildman–Crippen LogP) is 2.84. The molecule has 0 radical (unpaired) electrons. The van der Waals surface area contributed by atoms with Crippen molar-refractivity contribution in [1.82, 2.24) is 4.57 Å². The molecule has 0 spiro atoms. The Bertz CT molecular complexity index is 559. The van der Waals surface area contributed by atoms with E-state index >= 15 is 0 Å². The van der Waals surface area contributed by atoms with Gasteiger partial charge in [0.15, 0.2) is 0 Å². The first-order valence-electron chi connectivity index (χ1n) is 4.63. The van der Waals surface area contributed by atoms with Crippen LogP contribution in [-0.4, -0.2) is 4.57 Å². The number of aromatic nitrogens is 1. The van der Waals surface area contributed by atoms with Crippen molar-refractivity contribution in [3.63, 3.8) is 0 Å². The Morgan fingerprint density at radius 1 is 1.06 bits per heavy atom. The molecule has 2 aromatic rings. The Balaban J connectivity index is 2.55. The molecule has 0 fully saturated rings. The van der Waals surface area contributed by atoms with E-state index in [1.54, 1.807) is 23.9 Å². The van der Waals surface area contributed by atoms with E-state index in [4.69, 9.17) is 5.26 Å². The number of nitrogens with zero attached hydrogens (tertiary/aromatic N) is 2. The molecule has 1 heterocycles. The van der Waals surface area contributed by atoms with Crippen LogP contribution in [0.1, 0.15) is 5.69 Å². The summed E-state index contributed by atoms with van der Waals surface area (Å²) in [6.07, 6.45) is 1.66. The lowest BCUT2D eigenvalue weighted by Crippen LogP contribution is -1.87. The van der Waals surface area contributed by atoms with Gasteiger partial charge >= 0.3 is 0 Å². The van der Waals surface area contributed by atoms with Gasteiger partial charge in [0.05, 0.1) is 0 Å². The number of aryl methyl sites for hydroxylation is 1. The molecule has 0 saturated carbocycles. The summed E-state index contributed by atoms with van der Waals surface area (Å²) >= 11 is 0. The molecule has 0 amide bonds. The summed E-state index contributed by atoms with van der Waals surface area (Å²) in [6, 6.07) is 6.87. The van der Waals surface area contributed by atoms with Gasteiger partial charge in [-0.05, 0) is 23.8 Å². The van der Waals surface area contributed by atoms with Crippen LogP contribution >= 0.6 is 0 Å². The van der Waals surface area contributed by atoms with E-state index in [-0.39, 0.29) is 0 Å². The Hall–Kier alpha value is -2.15. The van der Waals surface area contributed by atoms with Crippen LogP contribution in [0.25, 0.3) is 11.1 Å². The lowest BCUT2D eigenvalue weighted by Gasteiger charge is -1.98. The highest BCUT2D eigenvalue weighted by molar-refractivity contribution is 5.64. The molecule has 1 aromatic heterocycles. The highest BCUT2D eigenvalue weighted by Gasteiger charge is 2.07. The summed E-state index contributed by atoms with van der Waals surface area (Å²) in [7, 11) is 1.71. The van der Waals surface area contributed by atoms with Gasteiger partial charge in [-0.1, -0.05) is 0 Å². The maximum atomic E-state index is 13.0. The second kappa shape index (κ2) is 3.78. The lowest BCUT2D eigenvalue weighted by molar-refractivity contribution is 0.584. The zero-order chi connectivity index (χ0) is 11.7. The third kappa shape index (κ3) is 1.80. The van der Waals surface area contributed by atoms with Gasteiger partial charge in [0.1, 0.15) is 23.4 Å². The van der Waals surface area contributed by atoms with E-state index in [1.165, 1.54) is 12.1 Å². The molecule has 0 aliphatic heterocycles. The number of halogens is 2. The Kier molecular flexibility index (Phi) is 2.45. The number of hydrogen-bond acceptors (Lipinski definition) is 1. The first kappa shape index (κ1) is 10.4. The molecule has 0 aliphatic carbocycles. The number of rotatable bonds is 1. The SMILES string of the molecule is Cn1cc(-c2cc(F)cc(F)c2)cc1C#N. The first-order valence-corrected chi connectivity index (χ1v) is 4.63. The highest BCUT2D eigenvalue weighted by Crippen LogP contribution is 2.23. The second-order valence-corrected chi connectivity index (χ2v) is 3.49. The summed E-state index contributed by atoms with van der Waals surface area (Å²) in [6.45, 7) is 0. The topological polar surface area (TPSA) is 28.7 Å². The number of benzene rings is 1. The normalized spacial score (nSPS) is 10.1. The summed E-state index contributed by atoms with van der Waals surface area (Å²) in [5.41, 5.74) is 1.49. The highest BCUT2D eigenvalue weighted by atomic mass is 19.1. The van der Waals surface area contributed by atoms with E-state index in [9.17, 15) is 8.78 Å². The maximum Gasteiger partial charge on any atom is 0.126 e. The predicted molar refractivity (Wildman–Crippen MR) is 55.5 cm³/mol. The van der Waals surface area contributed by atoms with Crippen molar-refractivity contribution in [2.24, 2.45) is 7.05 Å². The molecule has 2 nitrogen and oxygen atoms in total. The van der Waals surface area contributed by atoms with E-state index < -0.39 is 11.6 Å². The molecular formula is C12H8F2N2. The maximum absolute atomic E-state index is 13.0. The smallest absolute Gasteiger partial charge is 0.126 e. The molecular weight excluding hydrogens is 210 g/mol. The van der Waals surface area contributed by atoms with Gasteiger partial charge in [-0.25, -0.2) is 8.78 Å². The summed E-state index contributed by atoms with van der Waals surface area (Å²) in [5.74, 6) is -1.25. The van der Waals surface area contributed by atoms with Crippen LogP contribution in [-0.2, 0) is 7.05 Å². The van der Waals surface area contributed by atoms with E-state index in [2.05, 4.69) is 0 Å². The minimum Gasteiger partial charge on any atom is -0.342 e. The Morgan fingerprint density at radius 2 is 1.69 bits per heavy atom. The van der Waals surface area contributed by atoms with Crippen molar-refractivity contribution in [2.75, 3.05) is 0 Å². The summed E-state index contributed by atoms with van der Waals surface area (Å²) < 4.78 is 27.6. The van der Waals surface area contributed by atoms with Gasteiger partial charge in [-0.15, -0.1) is 0 Å². The van der Waals surface area contributed by atoms with Crippen molar-refractivity contribution in [3.8, 4) is 17.2 Å². The minimum absolute atomic E-state index is 0.426. The van der Waals surface area contributed by atoms with E-state index in [1.807, 2.05) is 6.07 Å². The molecule has 1 aromatic carbocycles. The number of nitriles is 1. The van der Waals surface area contributed by atoms with Gasteiger partial charge < -0.3 is 4.57 Å². The van der Waals surface area contributed by atoms with Crippen LogP contribution < -0.4 is 0 Å². The van der Waals surface area contributed by atoms with Crippen molar-refractivity contribution in [3.05, 3.63) is 47.8 Å². The molecule has 0 aliphatic rings. The fourth-order valence-corrected chi connectivity index (χ4v) is 1.55. The van der Waals surface area contributed by atoms with E-state index in [0.717, 1.165) is 6.07 Å². The largest absolute Gasteiger partial charge is 0.342 e. The van der Waals surface area contributed by atoms with Crippen molar-refractivity contribution in [1.29, 1.82) is 5.26 Å². The van der Waals surface area contributed by atoms with Crippen LogP contribution in [0.2, 0.25) is 0 Å². The van der Waals surface area contributed by atoms with Gasteiger partial charge in [0, 0.05) is 24.9 Å². The fourth-order valence-electron chi connectivity index (χ4n) is 1.55. The van der Waals surface area contributed by atoms with Gasteiger partial charge in [0.25, 0.3) is 0 Å². The van der Waals surface area contributed by atoms with Crippen molar-refractivity contribution < 1.29 is 8.78 Å². The zero-order valence-corrected chi connectivity index (χ0v) is 8.54. The molecule has 16 heavy (non-hydrogen) atoms. The van der Waals surface area contributed by atoms with Crippen LogP contribution in [0, 0.1) is 23.0 Å². The third-order valence-corrected chi connectivity index (χ3v) is 2.32. The molecule has 0 atom stereocenters. The Morgan fingerprint density at radius 3 is 2.19 bits per heavy atom. The molecule has 0 N–H and O–H groups in total. The van der Waals surface area contributed by atoms with Gasteiger partial charge in [-0.2, -0.15) is 5.26 Å². The third-order valence-electron chi connectivity index (χ3n) is 2.32. The molecule has 2 rings (SSSR count). The molecule has 0 saturated heterocycles. The standard InChI is InChI=1S/C12H8F2N2/c1-16-7-9(4-12(16)6-15)8-2-10(13)5-11(14)3-8/h2-5,7H,1H3. The second-order valence-electron chi connectivity index (χ2n) is 3.49. The van der Waals surface area contributed by atoms with Crippen LogP contribution in [0.4, 0.5) is 8.78 Å². The first-order chi connectivity index (χ1) is 7.60. The van der Waals surface area contributed by atoms with Crippen LogP contribution in [0.5, 0.6) is 0 Å². The number of hydrogen-bond donors (Lipinski definition) is 0. The Labute approximate surface area is 91.4 Å². The zero-order valence-electron chi connectivity index (χ0n) is 8.54. The average molecular weight is 218 g/mol. The van der Waals surface area contributed by atoms with Gasteiger partial charge in [-0.3, -0.25) is 0 Å². The van der Waals surface area contributed by atoms with E-state index in [0.29, 0.717) is 16.8 Å². The van der Waals surface area contributed by atoms with Crippen LogP contribution in [0.15, 0.2) is 30.5 Å². The molecule has 80 valence electrons. The average Bonchev–Trinajstić information content (AvgIpc) is 2.58. The summed E-state index contributed by atoms with van der Waals surface area (Å²) in [4.78, 5) is 0. The van der Waals surface area contributed by atoms with Gasteiger partial charge in [0.2, 0.25) is 0 Å². The summed E-state index contributed by atoms with van der Waals surface area (Å²) in [5, 5.41) is 8.77. The lowest BCUT2D eigenvalue weighted by atomic mass is 10.1. The van der Waals surface area contributed by atoms with Crippen molar-refractivity contribution in [2.45, 2.75) is 0 Å². The quantitative estimate of drug-likeness (QED) is 0.723.